The quantitative estimate of drug-likeness (QED) is 0.629. The first-order valence-electron chi connectivity index (χ1n) is 5.43. The molecular formula is C11H10N6O2. The Morgan fingerprint density at radius 3 is 2.95 bits per heavy atom. The molecule has 19 heavy (non-hydrogen) atoms. The molecule has 3 aromatic rings. The van der Waals surface area contributed by atoms with E-state index in [1.54, 1.807) is 25.3 Å². The molecule has 0 spiro atoms. The number of H-pyrrole nitrogens is 1. The molecule has 8 nitrogen and oxygen atoms in total. The summed E-state index contributed by atoms with van der Waals surface area (Å²) in [6.45, 7) is 0. The smallest absolute Gasteiger partial charge is 0.271 e. The standard InChI is InChI=1S/C11H10N6O2/c1-19-8-3-2-6(4-7(8)12)10-15-16-11-14-9(18)5-13-17(10)11/h2-5H,12H2,1H3,(H,14,16,18). The fraction of sp³-hybridized carbons (Fsp3) is 0.0909. The van der Waals surface area contributed by atoms with Crippen LogP contribution >= 0.6 is 0 Å². The summed E-state index contributed by atoms with van der Waals surface area (Å²) >= 11 is 0. The van der Waals surface area contributed by atoms with Crippen LogP contribution in [-0.2, 0) is 0 Å². The Labute approximate surface area is 106 Å². The maximum Gasteiger partial charge on any atom is 0.271 e. The van der Waals surface area contributed by atoms with Crippen molar-refractivity contribution >= 4 is 11.5 Å². The number of nitrogens with two attached hydrogens (primary N) is 1. The summed E-state index contributed by atoms with van der Waals surface area (Å²) in [5, 5.41) is 11.8. The zero-order valence-corrected chi connectivity index (χ0v) is 9.99. The minimum absolute atomic E-state index is 0.275. The second-order valence-electron chi connectivity index (χ2n) is 3.85. The van der Waals surface area contributed by atoms with Crippen LogP contribution in [0.2, 0.25) is 0 Å². The molecule has 0 amide bonds. The molecule has 3 rings (SSSR count). The SMILES string of the molecule is COc1ccc(-c2nnc3[nH]c(=O)cnn23)cc1N. The number of aromatic amines is 1. The lowest BCUT2D eigenvalue weighted by Crippen LogP contribution is -2.09. The zero-order valence-electron chi connectivity index (χ0n) is 9.99. The van der Waals surface area contributed by atoms with Gasteiger partial charge in [-0.1, -0.05) is 0 Å². The highest BCUT2D eigenvalue weighted by atomic mass is 16.5. The van der Waals surface area contributed by atoms with Gasteiger partial charge in [0.05, 0.1) is 12.8 Å². The Morgan fingerprint density at radius 1 is 1.37 bits per heavy atom. The highest BCUT2D eigenvalue weighted by Gasteiger charge is 2.11. The van der Waals surface area contributed by atoms with Crippen LogP contribution in [0.25, 0.3) is 17.2 Å². The average Bonchev–Trinajstić information content (AvgIpc) is 2.81. The van der Waals surface area contributed by atoms with Crippen LogP contribution < -0.4 is 16.0 Å². The van der Waals surface area contributed by atoms with Crippen LogP contribution in [0.3, 0.4) is 0 Å². The number of aromatic nitrogens is 5. The summed E-state index contributed by atoms with van der Waals surface area (Å²) in [5.41, 5.74) is 6.73. The molecule has 3 N–H and O–H groups in total. The largest absolute Gasteiger partial charge is 0.495 e. The number of fused-ring (bicyclic) bond motifs is 1. The summed E-state index contributed by atoms with van der Waals surface area (Å²) in [7, 11) is 1.55. The third-order valence-corrected chi connectivity index (χ3v) is 2.65. The second-order valence-corrected chi connectivity index (χ2v) is 3.85. The van der Waals surface area contributed by atoms with E-state index in [0.717, 1.165) is 11.8 Å². The number of rotatable bonds is 2. The van der Waals surface area contributed by atoms with E-state index in [4.69, 9.17) is 10.5 Å². The number of hydrogen-bond donors (Lipinski definition) is 2. The molecule has 0 unspecified atom stereocenters. The fourth-order valence-corrected chi connectivity index (χ4v) is 1.77. The van der Waals surface area contributed by atoms with E-state index in [1.807, 2.05) is 0 Å². The Bertz CT molecular complexity index is 806. The summed E-state index contributed by atoms with van der Waals surface area (Å²) in [5.74, 6) is 1.34. The van der Waals surface area contributed by atoms with Crippen molar-refractivity contribution in [2.75, 3.05) is 12.8 Å². The number of ether oxygens (including phenoxy) is 1. The molecule has 0 fully saturated rings. The van der Waals surface area contributed by atoms with Gasteiger partial charge in [0, 0.05) is 5.56 Å². The van der Waals surface area contributed by atoms with Gasteiger partial charge in [-0.3, -0.25) is 9.78 Å². The van der Waals surface area contributed by atoms with Gasteiger partial charge in [0.1, 0.15) is 11.9 Å². The van der Waals surface area contributed by atoms with Gasteiger partial charge < -0.3 is 10.5 Å². The van der Waals surface area contributed by atoms with Crippen LogP contribution in [0.15, 0.2) is 29.2 Å². The number of benzene rings is 1. The highest BCUT2D eigenvalue weighted by Crippen LogP contribution is 2.26. The minimum atomic E-state index is -0.333. The van der Waals surface area contributed by atoms with Crippen LogP contribution in [0.1, 0.15) is 0 Å². The highest BCUT2D eigenvalue weighted by molar-refractivity contribution is 5.67. The fourth-order valence-electron chi connectivity index (χ4n) is 1.77. The maximum atomic E-state index is 11.1. The van der Waals surface area contributed by atoms with Crippen molar-refractivity contribution in [2.45, 2.75) is 0 Å². The van der Waals surface area contributed by atoms with Crippen LogP contribution in [0.5, 0.6) is 5.75 Å². The molecule has 0 bridgehead atoms. The normalized spacial score (nSPS) is 10.8. The molecule has 8 heteroatoms. The van der Waals surface area contributed by atoms with Gasteiger partial charge in [-0.25, -0.2) is 0 Å². The van der Waals surface area contributed by atoms with Gasteiger partial charge in [-0.05, 0) is 18.2 Å². The molecule has 0 atom stereocenters. The first-order chi connectivity index (χ1) is 9.19. The first kappa shape index (κ1) is 11.2. The third-order valence-electron chi connectivity index (χ3n) is 2.65. The first-order valence-corrected chi connectivity index (χ1v) is 5.43. The lowest BCUT2D eigenvalue weighted by atomic mass is 10.2. The summed E-state index contributed by atoms with van der Waals surface area (Å²) in [6, 6.07) is 5.23. The van der Waals surface area contributed by atoms with Gasteiger partial charge >= 0.3 is 0 Å². The van der Waals surface area contributed by atoms with Gasteiger partial charge in [-0.2, -0.15) is 9.61 Å². The van der Waals surface area contributed by atoms with E-state index in [0.29, 0.717) is 17.3 Å². The van der Waals surface area contributed by atoms with Gasteiger partial charge in [0.2, 0.25) is 0 Å². The predicted molar refractivity (Wildman–Crippen MR) is 67.8 cm³/mol. The molecule has 0 saturated heterocycles. The molecule has 0 aliphatic rings. The molecule has 0 radical (unpaired) electrons. The Morgan fingerprint density at radius 2 is 2.21 bits per heavy atom. The van der Waals surface area contributed by atoms with Gasteiger partial charge in [0.15, 0.2) is 5.82 Å². The van der Waals surface area contributed by atoms with E-state index in [-0.39, 0.29) is 11.3 Å². The lowest BCUT2D eigenvalue weighted by molar-refractivity contribution is 0.417. The number of nitrogens with zero attached hydrogens (tertiary/aromatic N) is 4. The number of nitrogens with one attached hydrogen (secondary N) is 1. The Balaban J connectivity index is 2.19. The zero-order chi connectivity index (χ0) is 13.4. The Kier molecular flexibility index (Phi) is 2.41. The molecule has 0 aliphatic heterocycles. The molecule has 2 aromatic heterocycles. The summed E-state index contributed by atoms with van der Waals surface area (Å²) < 4.78 is 6.52. The molecule has 0 saturated carbocycles. The van der Waals surface area contributed by atoms with Crippen molar-refractivity contribution in [2.24, 2.45) is 0 Å². The molecule has 1 aromatic carbocycles. The third kappa shape index (κ3) is 1.79. The topological polar surface area (TPSA) is 111 Å². The summed E-state index contributed by atoms with van der Waals surface area (Å²) in [4.78, 5) is 13.7. The number of nitrogen functional groups attached to an aromatic ring is 1. The van der Waals surface area contributed by atoms with Crippen molar-refractivity contribution in [1.29, 1.82) is 0 Å². The molecule has 96 valence electrons. The maximum absolute atomic E-state index is 11.1. The van der Waals surface area contributed by atoms with E-state index in [9.17, 15) is 4.79 Å². The van der Waals surface area contributed by atoms with Crippen molar-refractivity contribution in [3.8, 4) is 17.1 Å². The molecule has 2 heterocycles. The number of hydrogen-bond acceptors (Lipinski definition) is 6. The van der Waals surface area contributed by atoms with Gasteiger partial charge in [-0.15, -0.1) is 10.2 Å². The predicted octanol–water partition coefficient (Wildman–Crippen LogP) is 0.0704. The van der Waals surface area contributed by atoms with Crippen molar-refractivity contribution in [3.05, 3.63) is 34.7 Å². The van der Waals surface area contributed by atoms with Crippen molar-refractivity contribution in [1.82, 2.24) is 24.8 Å². The van der Waals surface area contributed by atoms with Crippen LogP contribution in [0.4, 0.5) is 5.69 Å². The van der Waals surface area contributed by atoms with Crippen molar-refractivity contribution in [3.63, 3.8) is 0 Å². The van der Waals surface area contributed by atoms with Crippen LogP contribution in [0, 0.1) is 0 Å². The van der Waals surface area contributed by atoms with Crippen LogP contribution in [-0.4, -0.2) is 31.9 Å². The van der Waals surface area contributed by atoms with Crippen molar-refractivity contribution < 1.29 is 4.74 Å². The Hall–Kier alpha value is -2.90. The van der Waals surface area contributed by atoms with Gasteiger partial charge in [0.25, 0.3) is 11.3 Å². The number of methoxy groups -OCH3 is 1. The average molecular weight is 258 g/mol. The lowest BCUT2D eigenvalue weighted by Gasteiger charge is -2.05. The van der Waals surface area contributed by atoms with E-state index >= 15 is 0 Å². The summed E-state index contributed by atoms with van der Waals surface area (Å²) in [6.07, 6.45) is 1.16. The second kappa shape index (κ2) is 4.09. The van der Waals surface area contributed by atoms with E-state index in [2.05, 4.69) is 20.3 Å². The van der Waals surface area contributed by atoms with E-state index < -0.39 is 0 Å². The molecular weight excluding hydrogens is 248 g/mol. The van der Waals surface area contributed by atoms with E-state index in [1.165, 1.54) is 4.52 Å². The minimum Gasteiger partial charge on any atom is -0.495 e. The number of anilines is 1. The molecule has 0 aliphatic carbocycles. The monoisotopic (exact) mass is 258 g/mol.